The van der Waals surface area contributed by atoms with Crippen LogP contribution in [0.5, 0.6) is 0 Å². The third-order valence-corrected chi connectivity index (χ3v) is 4.64. The first-order valence-corrected chi connectivity index (χ1v) is 8.36. The minimum Gasteiger partial charge on any atom is -0.327 e. The van der Waals surface area contributed by atoms with Crippen molar-refractivity contribution >= 4 is 22.8 Å². The zero-order chi connectivity index (χ0) is 17.4. The van der Waals surface area contributed by atoms with E-state index in [-0.39, 0.29) is 17.6 Å². The molecule has 0 saturated heterocycles. The average molecular weight is 337 g/mol. The fourth-order valence-corrected chi connectivity index (χ4v) is 3.37. The summed E-state index contributed by atoms with van der Waals surface area (Å²) >= 11 is 0. The van der Waals surface area contributed by atoms with Gasteiger partial charge in [0.1, 0.15) is 5.52 Å². The van der Waals surface area contributed by atoms with E-state index in [1.165, 1.54) is 11.8 Å². The number of aryl methyl sites for hydroxylation is 1. The minimum absolute atomic E-state index is 0.139. The fourth-order valence-electron chi connectivity index (χ4n) is 3.37. The zero-order valence-electron chi connectivity index (χ0n) is 13.6. The van der Waals surface area contributed by atoms with Gasteiger partial charge in [-0.3, -0.25) is 4.79 Å². The van der Waals surface area contributed by atoms with Gasteiger partial charge in [-0.1, -0.05) is 6.07 Å². The molecule has 5 N–H and O–H groups in total. The number of amides is 1. The lowest BCUT2D eigenvalue weighted by atomic mass is 9.99. The quantitative estimate of drug-likeness (QED) is 0.533. The first-order valence-electron chi connectivity index (χ1n) is 8.36. The zero-order valence-corrected chi connectivity index (χ0v) is 13.6. The minimum atomic E-state index is -0.336. The molecular formula is C18H19N5O2. The molecule has 0 radical (unpaired) electrons. The second kappa shape index (κ2) is 6.18. The van der Waals surface area contributed by atoms with Crippen molar-refractivity contribution in [2.45, 2.75) is 31.7 Å². The SMILES string of the molecule is NC1CCCc2ccc(C(=O)Nc3nccc4[nH]c(=O)[nH]c34)cc2C1. The Hall–Kier alpha value is -2.93. The van der Waals surface area contributed by atoms with Gasteiger partial charge in [-0.2, -0.15) is 0 Å². The molecule has 1 atom stereocenters. The van der Waals surface area contributed by atoms with E-state index in [4.69, 9.17) is 5.73 Å². The highest BCUT2D eigenvalue weighted by Gasteiger charge is 2.17. The molecule has 7 nitrogen and oxygen atoms in total. The average Bonchev–Trinajstić information content (AvgIpc) is 2.87. The molecule has 0 bridgehead atoms. The van der Waals surface area contributed by atoms with Crippen molar-refractivity contribution in [1.29, 1.82) is 0 Å². The molecular weight excluding hydrogens is 318 g/mol. The Labute approximate surface area is 143 Å². The molecule has 0 fully saturated rings. The Morgan fingerprint density at radius 2 is 2.12 bits per heavy atom. The highest BCUT2D eigenvalue weighted by Crippen LogP contribution is 2.22. The van der Waals surface area contributed by atoms with E-state index >= 15 is 0 Å². The van der Waals surface area contributed by atoms with Crippen LogP contribution in [0, 0.1) is 0 Å². The number of imidazole rings is 1. The molecule has 1 aromatic carbocycles. The van der Waals surface area contributed by atoms with Gasteiger partial charge >= 0.3 is 5.69 Å². The lowest BCUT2D eigenvalue weighted by molar-refractivity contribution is 0.102. The number of carbonyl (C=O) groups is 1. The van der Waals surface area contributed by atoms with Gasteiger partial charge in [0.25, 0.3) is 5.91 Å². The number of nitrogens with zero attached hydrogens (tertiary/aromatic N) is 1. The van der Waals surface area contributed by atoms with Crippen molar-refractivity contribution in [2.24, 2.45) is 5.73 Å². The van der Waals surface area contributed by atoms with Gasteiger partial charge in [0, 0.05) is 17.8 Å². The highest BCUT2D eigenvalue weighted by atomic mass is 16.2. The fraction of sp³-hybridized carbons (Fsp3) is 0.278. The van der Waals surface area contributed by atoms with Crippen LogP contribution < -0.4 is 16.7 Å². The molecule has 1 aliphatic rings. The summed E-state index contributed by atoms with van der Waals surface area (Å²) in [6.07, 6.45) is 5.40. The van der Waals surface area contributed by atoms with Crippen LogP contribution in [0.25, 0.3) is 11.0 Å². The van der Waals surface area contributed by atoms with Crippen LogP contribution in [-0.2, 0) is 12.8 Å². The predicted octanol–water partition coefficient (Wildman–Crippen LogP) is 1.71. The number of hydrogen-bond donors (Lipinski definition) is 4. The van der Waals surface area contributed by atoms with Crippen LogP contribution in [-0.4, -0.2) is 26.9 Å². The lowest BCUT2D eigenvalue weighted by Gasteiger charge is -2.11. The molecule has 1 unspecified atom stereocenters. The number of nitrogens with one attached hydrogen (secondary N) is 3. The summed E-state index contributed by atoms with van der Waals surface area (Å²) in [5, 5.41) is 2.78. The van der Waals surface area contributed by atoms with Gasteiger partial charge < -0.3 is 21.0 Å². The van der Waals surface area contributed by atoms with Gasteiger partial charge in [-0.25, -0.2) is 9.78 Å². The molecule has 0 saturated carbocycles. The summed E-state index contributed by atoms with van der Waals surface area (Å²) in [5.74, 6) is 0.0650. The highest BCUT2D eigenvalue weighted by molar-refractivity contribution is 6.07. The van der Waals surface area contributed by atoms with Gasteiger partial charge in [0.15, 0.2) is 5.82 Å². The van der Waals surface area contributed by atoms with E-state index in [0.29, 0.717) is 22.4 Å². The van der Waals surface area contributed by atoms with Crippen LogP contribution in [0.4, 0.5) is 5.82 Å². The number of carbonyl (C=O) groups excluding carboxylic acids is 1. The first kappa shape index (κ1) is 15.6. The predicted molar refractivity (Wildman–Crippen MR) is 95.7 cm³/mol. The number of fused-ring (bicyclic) bond motifs is 2. The Kier molecular flexibility index (Phi) is 3.85. The van der Waals surface area contributed by atoms with E-state index in [1.54, 1.807) is 6.07 Å². The van der Waals surface area contributed by atoms with E-state index in [2.05, 4.69) is 20.3 Å². The smallest absolute Gasteiger partial charge is 0.323 e. The topological polar surface area (TPSA) is 117 Å². The maximum atomic E-state index is 12.6. The van der Waals surface area contributed by atoms with Gasteiger partial charge in [0.2, 0.25) is 0 Å². The van der Waals surface area contributed by atoms with Crippen LogP contribution >= 0.6 is 0 Å². The van der Waals surface area contributed by atoms with Crippen molar-refractivity contribution < 1.29 is 4.79 Å². The Morgan fingerprint density at radius 3 is 3.00 bits per heavy atom. The van der Waals surface area contributed by atoms with Gasteiger partial charge in [-0.05, 0) is 55.0 Å². The number of rotatable bonds is 2. The van der Waals surface area contributed by atoms with Crippen molar-refractivity contribution in [2.75, 3.05) is 5.32 Å². The summed E-state index contributed by atoms with van der Waals surface area (Å²) in [4.78, 5) is 33.5. The summed E-state index contributed by atoms with van der Waals surface area (Å²) < 4.78 is 0. The standard InChI is InChI=1S/C18H19N5O2/c19-13-3-1-2-10-4-5-11(8-12(10)9-13)17(24)23-16-15-14(6-7-20-16)21-18(25)22-15/h4-8,13H,1-3,9,19H2,(H,20,23,24)(H2,21,22,25). The summed E-state index contributed by atoms with van der Waals surface area (Å²) in [5.41, 5.74) is 9.83. The number of nitrogens with two attached hydrogens (primary N) is 1. The normalized spacial score (nSPS) is 17.1. The number of benzene rings is 1. The number of pyridine rings is 1. The monoisotopic (exact) mass is 337 g/mol. The number of aromatic nitrogens is 3. The largest absolute Gasteiger partial charge is 0.327 e. The molecule has 25 heavy (non-hydrogen) atoms. The van der Waals surface area contributed by atoms with E-state index in [0.717, 1.165) is 31.2 Å². The molecule has 4 rings (SSSR count). The summed E-state index contributed by atoms with van der Waals surface area (Å²) in [6.45, 7) is 0. The summed E-state index contributed by atoms with van der Waals surface area (Å²) in [6, 6.07) is 7.56. The molecule has 0 aliphatic heterocycles. The first-order chi connectivity index (χ1) is 12.1. The molecule has 1 aliphatic carbocycles. The molecule has 1 amide bonds. The Balaban J connectivity index is 1.64. The molecule has 2 heterocycles. The van der Waals surface area contributed by atoms with Crippen molar-refractivity contribution in [1.82, 2.24) is 15.0 Å². The molecule has 128 valence electrons. The van der Waals surface area contributed by atoms with Crippen LogP contribution in [0.3, 0.4) is 0 Å². The van der Waals surface area contributed by atoms with E-state index < -0.39 is 0 Å². The van der Waals surface area contributed by atoms with Gasteiger partial charge in [-0.15, -0.1) is 0 Å². The molecule has 2 aromatic heterocycles. The maximum absolute atomic E-state index is 12.6. The van der Waals surface area contributed by atoms with Crippen molar-refractivity contribution in [3.8, 4) is 0 Å². The number of aromatic amines is 2. The lowest BCUT2D eigenvalue weighted by Crippen LogP contribution is -2.21. The van der Waals surface area contributed by atoms with Crippen molar-refractivity contribution in [3.63, 3.8) is 0 Å². The Morgan fingerprint density at radius 1 is 1.24 bits per heavy atom. The van der Waals surface area contributed by atoms with E-state index in [1.807, 2.05) is 18.2 Å². The number of H-pyrrole nitrogens is 2. The van der Waals surface area contributed by atoms with Gasteiger partial charge in [0.05, 0.1) is 5.52 Å². The Bertz CT molecular complexity index is 1000. The van der Waals surface area contributed by atoms with Crippen molar-refractivity contribution in [3.05, 3.63) is 57.6 Å². The molecule has 7 heteroatoms. The van der Waals surface area contributed by atoms with Crippen LogP contribution in [0.2, 0.25) is 0 Å². The maximum Gasteiger partial charge on any atom is 0.323 e. The van der Waals surface area contributed by atoms with Crippen LogP contribution in [0.15, 0.2) is 35.3 Å². The van der Waals surface area contributed by atoms with Crippen LogP contribution in [0.1, 0.15) is 34.3 Å². The number of anilines is 1. The molecule has 0 spiro atoms. The summed E-state index contributed by atoms with van der Waals surface area (Å²) in [7, 11) is 0. The third-order valence-electron chi connectivity index (χ3n) is 4.64. The third kappa shape index (κ3) is 3.06. The van der Waals surface area contributed by atoms with E-state index in [9.17, 15) is 9.59 Å². The number of hydrogen-bond acceptors (Lipinski definition) is 4. The second-order valence-corrected chi connectivity index (χ2v) is 6.46. The second-order valence-electron chi connectivity index (χ2n) is 6.46. The molecule has 3 aromatic rings.